The highest BCUT2D eigenvalue weighted by atomic mass is 35.5. The fourth-order valence-corrected chi connectivity index (χ4v) is 9.48. The fraction of sp³-hybridized carbons (Fsp3) is 0.600. The lowest BCUT2D eigenvalue weighted by Gasteiger charge is -2.49. The largest absolute Gasteiger partial charge is 0.489 e. The summed E-state index contributed by atoms with van der Waals surface area (Å²) in [5.74, 6) is 1.65. The average Bonchev–Trinajstić information content (AvgIpc) is 3.15. The lowest BCUT2D eigenvalue weighted by atomic mass is 9.64. The van der Waals surface area contributed by atoms with Gasteiger partial charge in [0.1, 0.15) is 16.7 Å². The third-order valence-electron chi connectivity index (χ3n) is 10.8. The van der Waals surface area contributed by atoms with Crippen molar-refractivity contribution in [1.29, 1.82) is 0 Å². The topological polar surface area (TPSA) is 90.0 Å². The molecule has 1 N–H and O–H groups in total. The zero-order chi connectivity index (χ0) is 31.8. The van der Waals surface area contributed by atoms with E-state index in [-0.39, 0.29) is 22.3 Å². The van der Waals surface area contributed by atoms with Gasteiger partial charge in [0, 0.05) is 44.4 Å². The number of nitrogens with one attached hydrogen (secondary N) is 1. The number of anilines is 1. The minimum atomic E-state index is -1.63. The van der Waals surface area contributed by atoms with Gasteiger partial charge in [0.2, 0.25) is 0 Å². The normalized spacial score (nSPS) is 34.0. The first kappa shape index (κ1) is 32.5. The van der Waals surface area contributed by atoms with Crippen molar-refractivity contribution in [3.63, 3.8) is 0 Å². The lowest BCUT2D eigenvalue weighted by molar-refractivity contribution is -0.0622. The molecule has 1 fully saturated rings. The predicted molar refractivity (Wildman–Crippen MR) is 178 cm³/mol. The molecule has 45 heavy (non-hydrogen) atoms. The molecule has 244 valence electrons. The maximum atomic E-state index is 13.6. The monoisotopic (exact) mass is 655 g/mol. The van der Waals surface area contributed by atoms with E-state index in [1.165, 1.54) is 11.1 Å². The van der Waals surface area contributed by atoms with Gasteiger partial charge in [0.15, 0.2) is 11.6 Å². The molecule has 2 aliphatic carbocycles. The van der Waals surface area contributed by atoms with E-state index in [9.17, 15) is 9.00 Å². The van der Waals surface area contributed by atoms with Gasteiger partial charge >= 0.3 is 0 Å². The minimum absolute atomic E-state index is 0.0528. The van der Waals surface area contributed by atoms with E-state index in [2.05, 4.69) is 47.8 Å². The van der Waals surface area contributed by atoms with Gasteiger partial charge < -0.3 is 19.1 Å². The third-order valence-corrected chi connectivity index (χ3v) is 12.7. The number of hydrogen-bond donors (Lipinski definition) is 1. The molecule has 5 unspecified atom stereocenters. The standard InChI is InChI=1S/C35H46ClN3O5S/c1-23-7-5-16-34(2,43-4)27-11-9-25(27)20-39-21-35(17-6-8-24-19-26(36)10-12-28(24)35)22-44-30-14-13-29(37-32(30)39)33(40)38-45(41)31(23)15-18-42-3/h5,10,12-14,16,19,23,25,27,31H,6-9,11,15,17-18,20-22H2,1-4H3,(H,38,40)/b16-5+/t23?,25?,27?,31?,34-,35-,45?/m0/s1. The molecule has 1 saturated carbocycles. The predicted octanol–water partition coefficient (Wildman–Crippen LogP) is 6.03. The number of amides is 1. The molecule has 1 amide bonds. The van der Waals surface area contributed by atoms with Gasteiger partial charge in [-0.2, -0.15) is 0 Å². The summed E-state index contributed by atoms with van der Waals surface area (Å²) in [6.45, 7) is 6.74. The molecule has 4 aliphatic rings. The molecule has 1 aromatic heterocycles. The summed E-state index contributed by atoms with van der Waals surface area (Å²) in [4.78, 5) is 20.9. The summed E-state index contributed by atoms with van der Waals surface area (Å²) in [6.07, 6.45) is 10.9. The van der Waals surface area contributed by atoms with Crippen molar-refractivity contribution in [1.82, 2.24) is 9.71 Å². The summed E-state index contributed by atoms with van der Waals surface area (Å²) >= 11 is 6.44. The molecular formula is C35H46ClN3O5S. The summed E-state index contributed by atoms with van der Waals surface area (Å²) in [5.41, 5.74) is 2.14. The summed E-state index contributed by atoms with van der Waals surface area (Å²) in [6, 6.07) is 9.80. The van der Waals surface area contributed by atoms with Crippen LogP contribution in [0.3, 0.4) is 0 Å². The van der Waals surface area contributed by atoms with Crippen LogP contribution >= 0.6 is 11.6 Å². The van der Waals surface area contributed by atoms with Crippen LogP contribution in [0.4, 0.5) is 5.82 Å². The second-order valence-electron chi connectivity index (χ2n) is 13.6. The molecule has 0 saturated heterocycles. The molecule has 2 bridgehead atoms. The Morgan fingerprint density at radius 2 is 2.07 bits per heavy atom. The second kappa shape index (κ2) is 13.3. The maximum Gasteiger partial charge on any atom is 0.281 e. The van der Waals surface area contributed by atoms with E-state index in [1.807, 2.05) is 12.1 Å². The highest BCUT2D eigenvalue weighted by molar-refractivity contribution is 7.84. The van der Waals surface area contributed by atoms with Crippen LogP contribution in [0, 0.1) is 17.8 Å². The zero-order valence-electron chi connectivity index (χ0n) is 26.9. The lowest BCUT2D eigenvalue weighted by Crippen LogP contribution is -2.52. The van der Waals surface area contributed by atoms with Gasteiger partial charge in [-0.25, -0.2) is 9.19 Å². The first-order chi connectivity index (χ1) is 21.7. The first-order valence-electron chi connectivity index (χ1n) is 16.3. The number of aromatic nitrogens is 1. The zero-order valence-corrected chi connectivity index (χ0v) is 28.4. The highest BCUT2D eigenvalue weighted by Crippen LogP contribution is 2.48. The molecule has 2 aliphatic heterocycles. The maximum absolute atomic E-state index is 13.6. The van der Waals surface area contributed by atoms with Crippen molar-refractivity contribution < 1.29 is 23.2 Å². The summed E-state index contributed by atoms with van der Waals surface area (Å²) < 4.78 is 34.5. The van der Waals surface area contributed by atoms with E-state index in [4.69, 9.17) is 30.8 Å². The summed E-state index contributed by atoms with van der Waals surface area (Å²) in [7, 11) is 1.81. The molecule has 8 nitrogen and oxygen atoms in total. The van der Waals surface area contributed by atoms with Crippen LogP contribution in [0.25, 0.3) is 0 Å². The number of rotatable bonds is 4. The molecule has 6 rings (SSSR count). The molecule has 1 spiro atoms. The Hall–Kier alpha value is -2.46. The average molecular weight is 656 g/mol. The molecular weight excluding hydrogens is 610 g/mol. The van der Waals surface area contributed by atoms with E-state index < -0.39 is 22.5 Å². The van der Waals surface area contributed by atoms with Gasteiger partial charge in [0.05, 0.1) is 17.5 Å². The first-order valence-corrected chi connectivity index (χ1v) is 17.9. The Morgan fingerprint density at radius 3 is 2.82 bits per heavy atom. The van der Waals surface area contributed by atoms with Gasteiger partial charge in [0.25, 0.3) is 5.91 Å². The van der Waals surface area contributed by atoms with Crippen LogP contribution in [-0.2, 0) is 32.3 Å². The van der Waals surface area contributed by atoms with Crippen molar-refractivity contribution in [3.05, 3.63) is 64.3 Å². The third kappa shape index (κ3) is 6.42. The summed E-state index contributed by atoms with van der Waals surface area (Å²) in [5, 5.41) is 0.475. The van der Waals surface area contributed by atoms with Crippen molar-refractivity contribution in [2.75, 3.05) is 45.4 Å². The number of aryl methyl sites for hydroxylation is 1. The van der Waals surface area contributed by atoms with Crippen molar-refractivity contribution >= 4 is 34.3 Å². The van der Waals surface area contributed by atoms with Crippen LogP contribution < -0.4 is 14.4 Å². The SMILES string of the molecule is COCCC1C(C)C/C=C/[C@](C)(OC)C2CCC2CN2C[C@@]3(CCCc4cc(Cl)ccc43)COc3ccc(nc32)C(=O)NS1=O. The molecule has 10 heteroatoms. The van der Waals surface area contributed by atoms with Crippen molar-refractivity contribution in [3.8, 4) is 5.75 Å². The minimum Gasteiger partial charge on any atom is -0.489 e. The number of ether oxygens (including phenoxy) is 3. The van der Waals surface area contributed by atoms with E-state index >= 15 is 0 Å². The number of hydrogen-bond acceptors (Lipinski definition) is 7. The van der Waals surface area contributed by atoms with Gasteiger partial charge in [-0.1, -0.05) is 36.7 Å². The number of fused-ring (bicyclic) bond motifs is 4. The molecule has 3 heterocycles. The number of benzene rings is 1. The van der Waals surface area contributed by atoms with Gasteiger partial charge in [-0.15, -0.1) is 0 Å². The van der Waals surface area contributed by atoms with E-state index in [1.54, 1.807) is 20.3 Å². The van der Waals surface area contributed by atoms with Crippen LogP contribution in [0.2, 0.25) is 5.02 Å². The Labute approximate surface area is 274 Å². The van der Waals surface area contributed by atoms with Crippen LogP contribution in [0.5, 0.6) is 5.75 Å². The van der Waals surface area contributed by atoms with Crippen LogP contribution in [0.15, 0.2) is 42.5 Å². The smallest absolute Gasteiger partial charge is 0.281 e. The number of methoxy groups -OCH3 is 2. The number of nitrogens with zero attached hydrogens (tertiary/aromatic N) is 2. The quantitative estimate of drug-likeness (QED) is 0.402. The number of pyridine rings is 1. The van der Waals surface area contributed by atoms with Crippen molar-refractivity contribution in [2.45, 2.75) is 75.1 Å². The van der Waals surface area contributed by atoms with E-state index in [0.29, 0.717) is 43.0 Å². The van der Waals surface area contributed by atoms with Gasteiger partial charge in [-0.3, -0.25) is 9.52 Å². The fourth-order valence-electron chi connectivity index (χ4n) is 8.00. The number of allylic oxidation sites excluding steroid dienone is 1. The highest BCUT2D eigenvalue weighted by Gasteiger charge is 2.47. The van der Waals surface area contributed by atoms with E-state index in [0.717, 1.165) is 56.6 Å². The van der Waals surface area contributed by atoms with Gasteiger partial charge in [-0.05, 0) is 105 Å². The molecule has 1 aromatic carbocycles. The van der Waals surface area contributed by atoms with Crippen LogP contribution in [-0.4, -0.2) is 66.5 Å². The number of carbonyl (C=O) groups excluding carboxylic acids is 1. The van der Waals surface area contributed by atoms with Crippen molar-refractivity contribution in [2.24, 2.45) is 17.8 Å². The number of halogens is 1. The molecule has 7 atom stereocenters. The molecule has 0 radical (unpaired) electrons. The molecule has 2 aromatic rings. The van der Waals surface area contributed by atoms with Crippen LogP contribution in [0.1, 0.15) is 74.0 Å². The Bertz CT molecular complexity index is 1470. The Morgan fingerprint density at radius 1 is 1.22 bits per heavy atom. The Kier molecular flexibility index (Phi) is 9.63. The second-order valence-corrected chi connectivity index (χ2v) is 15.5. The number of carbonyl (C=O) groups is 1. The Balaban J connectivity index is 1.41.